The fraction of sp³-hybridized carbons (Fsp3) is 0.625. The first kappa shape index (κ1) is 27.3. The third-order valence-corrected chi connectivity index (χ3v) is 6.08. The van der Waals surface area contributed by atoms with E-state index in [1.165, 1.54) is 6.07 Å². The molecular formula is C16H12F13NO2S. The van der Waals surface area contributed by atoms with E-state index >= 15 is 0 Å². The van der Waals surface area contributed by atoms with Crippen LogP contribution in [0.25, 0.3) is 0 Å². The second kappa shape index (κ2) is 7.53. The van der Waals surface area contributed by atoms with Crippen LogP contribution in [0.2, 0.25) is 0 Å². The summed E-state index contributed by atoms with van der Waals surface area (Å²) in [4.78, 5) is 0. The molecule has 1 unspecified atom stereocenters. The smallest absolute Gasteiger partial charge is 0.270 e. The van der Waals surface area contributed by atoms with Crippen LogP contribution < -0.4 is 4.31 Å². The number of para-hydroxylation sites is 1. The van der Waals surface area contributed by atoms with Gasteiger partial charge in [0.2, 0.25) is 10.0 Å². The Morgan fingerprint density at radius 2 is 1.24 bits per heavy atom. The van der Waals surface area contributed by atoms with Crippen molar-refractivity contribution in [2.24, 2.45) is 0 Å². The van der Waals surface area contributed by atoms with Crippen LogP contribution >= 0.6 is 0 Å². The summed E-state index contributed by atoms with van der Waals surface area (Å²) in [5.41, 5.74) is -0.737. The van der Waals surface area contributed by atoms with Gasteiger partial charge in [0.25, 0.3) is 0 Å². The van der Waals surface area contributed by atoms with Gasteiger partial charge in [0.05, 0.1) is 11.9 Å². The number of benzene rings is 1. The number of hydrogen-bond donors (Lipinski definition) is 0. The molecule has 0 amide bonds. The first-order valence-electron chi connectivity index (χ1n) is 8.46. The summed E-state index contributed by atoms with van der Waals surface area (Å²) in [6.45, 7) is -1.04. The van der Waals surface area contributed by atoms with Crippen LogP contribution in [0.4, 0.5) is 62.8 Å². The van der Waals surface area contributed by atoms with Crippen LogP contribution in [0, 0.1) is 0 Å². The molecule has 33 heavy (non-hydrogen) atoms. The quantitative estimate of drug-likeness (QED) is 0.427. The third-order valence-electron chi connectivity index (χ3n) is 4.93. The Morgan fingerprint density at radius 1 is 0.788 bits per heavy atom. The lowest BCUT2D eigenvalue weighted by Crippen LogP contribution is -2.70. The van der Waals surface area contributed by atoms with E-state index < -0.39 is 70.3 Å². The van der Waals surface area contributed by atoms with Crippen LogP contribution in [-0.2, 0) is 10.0 Å². The molecule has 2 rings (SSSR count). The molecule has 1 heterocycles. The van der Waals surface area contributed by atoms with E-state index in [1.54, 1.807) is 0 Å². The molecule has 3 nitrogen and oxygen atoms in total. The summed E-state index contributed by atoms with van der Waals surface area (Å²) in [5, 5.41) is 0. The lowest BCUT2D eigenvalue weighted by molar-refractivity contribution is -0.440. The van der Waals surface area contributed by atoms with Crippen LogP contribution in [0.3, 0.4) is 0 Å². The molecule has 0 aliphatic carbocycles. The van der Waals surface area contributed by atoms with Crippen LogP contribution in [0.5, 0.6) is 0 Å². The molecule has 0 spiro atoms. The maximum absolute atomic E-state index is 14.2. The van der Waals surface area contributed by atoms with Gasteiger partial charge in [-0.15, -0.1) is 0 Å². The van der Waals surface area contributed by atoms with Gasteiger partial charge in [-0.1, -0.05) is 18.2 Å². The Morgan fingerprint density at radius 3 is 1.70 bits per heavy atom. The largest absolute Gasteiger partial charge is 0.460 e. The zero-order valence-corrected chi connectivity index (χ0v) is 16.7. The fourth-order valence-corrected chi connectivity index (χ4v) is 4.16. The maximum atomic E-state index is 14.2. The number of anilines is 1. The number of alkyl halides is 13. The highest BCUT2D eigenvalue weighted by atomic mass is 32.2. The van der Waals surface area contributed by atoms with Crippen molar-refractivity contribution in [3.8, 4) is 0 Å². The zero-order valence-electron chi connectivity index (χ0n) is 15.9. The minimum absolute atomic E-state index is 0.329. The minimum atomic E-state index is -7.97. The molecule has 1 aliphatic heterocycles. The predicted octanol–water partition coefficient (Wildman–Crippen LogP) is 5.68. The van der Waals surface area contributed by atoms with Crippen molar-refractivity contribution >= 4 is 15.7 Å². The average Bonchev–Trinajstić information content (AvgIpc) is 2.98. The highest BCUT2D eigenvalue weighted by molar-refractivity contribution is 7.92. The summed E-state index contributed by atoms with van der Waals surface area (Å²) in [6.07, 6.45) is -9.38. The summed E-state index contributed by atoms with van der Waals surface area (Å²) >= 11 is 0. The summed E-state index contributed by atoms with van der Waals surface area (Å²) in [6, 6.07) is 4.27. The number of hydrogen-bond acceptors (Lipinski definition) is 2. The van der Waals surface area contributed by atoms with E-state index in [0.717, 1.165) is 18.2 Å². The number of nitrogens with zero attached hydrogens (tertiary/aromatic N) is 1. The predicted molar refractivity (Wildman–Crippen MR) is 86.8 cm³/mol. The van der Waals surface area contributed by atoms with Gasteiger partial charge in [-0.05, 0) is 11.6 Å². The first-order valence-corrected chi connectivity index (χ1v) is 10.3. The molecule has 1 aromatic rings. The average molecular weight is 529 g/mol. The minimum Gasteiger partial charge on any atom is -0.270 e. The SMILES string of the molecule is CS(=O)(=O)N1CC(CC(F)(F)C(F)(F)C(F)(F)C(F)(F)C(F)(F)C(F)(F)F)c2ccccc21. The fourth-order valence-electron chi connectivity index (χ4n) is 3.18. The van der Waals surface area contributed by atoms with Gasteiger partial charge in [-0.2, -0.15) is 57.1 Å². The Balaban J connectivity index is 2.49. The molecule has 190 valence electrons. The molecule has 0 saturated heterocycles. The standard InChI is InChI=1S/C16H12F13NO2S/c1-33(31,32)30-7-8(9-4-2-3-5-10(9)30)6-11(17,18)12(19,20)13(21,22)14(23,24)15(25,26)16(27,28)29/h2-5,8H,6-7H2,1H3. The highest BCUT2D eigenvalue weighted by Gasteiger charge is 2.90. The second-order valence-corrected chi connectivity index (χ2v) is 9.16. The summed E-state index contributed by atoms with van der Waals surface area (Å²) in [5.74, 6) is -39.4. The molecule has 1 aliphatic rings. The molecule has 0 bridgehead atoms. The number of fused-ring (bicyclic) bond motifs is 1. The first-order chi connectivity index (χ1) is 14.4. The molecule has 1 atom stereocenters. The van der Waals surface area contributed by atoms with E-state index in [2.05, 4.69) is 0 Å². The second-order valence-electron chi connectivity index (χ2n) is 7.25. The van der Waals surface area contributed by atoms with Gasteiger partial charge >= 0.3 is 35.8 Å². The van der Waals surface area contributed by atoms with Gasteiger partial charge in [-0.3, -0.25) is 4.31 Å². The molecule has 0 radical (unpaired) electrons. The normalized spacial score (nSPS) is 19.1. The van der Waals surface area contributed by atoms with Gasteiger partial charge in [0.1, 0.15) is 0 Å². The Labute approximate surface area is 177 Å². The van der Waals surface area contributed by atoms with Gasteiger partial charge in [0, 0.05) is 18.9 Å². The number of halogens is 13. The zero-order chi connectivity index (χ0) is 26.1. The van der Waals surface area contributed by atoms with Gasteiger partial charge < -0.3 is 0 Å². The molecule has 1 aromatic carbocycles. The van der Waals surface area contributed by atoms with Crippen molar-refractivity contribution in [2.75, 3.05) is 17.1 Å². The van der Waals surface area contributed by atoms with Gasteiger partial charge in [0.15, 0.2) is 0 Å². The van der Waals surface area contributed by atoms with Crippen molar-refractivity contribution in [1.29, 1.82) is 0 Å². The number of sulfonamides is 1. The number of rotatable bonds is 7. The molecule has 17 heteroatoms. The monoisotopic (exact) mass is 529 g/mol. The lowest BCUT2D eigenvalue weighted by atomic mass is 9.87. The van der Waals surface area contributed by atoms with Crippen molar-refractivity contribution in [2.45, 2.75) is 48.1 Å². The van der Waals surface area contributed by atoms with Crippen molar-refractivity contribution in [3.05, 3.63) is 29.8 Å². The molecular weight excluding hydrogens is 517 g/mol. The van der Waals surface area contributed by atoms with E-state index in [-0.39, 0.29) is 5.69 Å². The van der Waals surface area contributed by atoms with Crippen molar-refractivity contribution < 1.29 is 65.5 Å². The molecule has 0 saturated carbocycles. The van der Waals surface area contributed by atoms with E-state index in [1.807, 2.05) is 0 Å². The Hall–Kier alpha value is -1.94. The molecule has 0 aromatic heterocycles. The topological polar surface area (TPSA) is 37.4 Å². The molecule has 0 N–H and O–H groups in total. The third kappa shape index (κ3) is 3.99. The maximum Gasteiger partial charge on any atom is 0.460 e. The Bertz CT molecular complexity index is 1000. The summed E-state index contributed by atoms with van der Waals surface area (Å²) < 4.78 is 197. The lowest BCUT2D eigenvalue weighted by Gasteiger charge is -2.40. The van der Waals surface area contributed by atoms with Crippen LogP contribution in [-0.4, -0.2) is 57.0 Å². The van der Waals surface area contributed by atoms with Crippen LogP contribution in [0.1, 0.15) is 17.9 Å². The molecule has 0 fully saturated rings. The van der Waals surface area contributed by atoms with Crippen LogP contribution in [0.15, 0.2) is 24.3 Å². The Kier molecular flexibility index (Phi) is 6.23. The van der Waals surface area contributed by atoms with E-state index in [9.17, 15) is 65.5 Å². The van der Waals surface area contributed by atoms with E-state index in [0.29, 0.717) is 10.6 Å². The van der Waals surface area contributed by atoms with Crippen molar-refractivity contribution in [3.63, 3.8) is 0 Å². The van der Waals surface area contributed by atoms with E-state index in [4.69, 9.17) is 0 Å². The van der Waals surface area contributed by atoms with Crippen molar-refractivity contribution in [1.82, 2.24) is 0 Å². The van der Waals surface area contributed by atoms with Gasteiger partial charge in [-0.25, -0.2) is 8.42 Å². The highest BCUT2D eigenvalue weighted by Crippen LogP contribution is 2.61. The summed E-state index contributed by atoms with van der Waals surface area (Å²) in [7, 11) is -4.22.